The second-order valence-electron chi connectivity index (χ2n) is 8.44. The van der Waals surface area contributed by atoms with Crippen LogP contribution in [0.5, 0.6) is 0 Å². The molecule has 1 atom stereocenters. The van der Waals surface area contributed by atoms with Crippen molar-refractivity contribution in [2.24, 2.45) is 16.1 Å². The van der Waals surface area contributed by atoms with E-state index in [-0.39, 0.29) is 12.4 Å². The molecule has 2 N–H and O–H groups in total. The molecule has 6 nitrogen and oxygen atoms in total. The molecule has 2 aliphatic rings. The van der Waals surface area contributed by atoms with Crippen LogP contribution in [0.4, 0.5) is 14.9 Å². The van der Waals surface area contributed by atoms with Gasteiger partial charge in [0.05, 0.1) is 16.8 Å². The van der Waals surface area contributed by atoms with Crippen LogP contribution in [0, 0.1) is 11.2 Å². The van der Waals surface area contributed by atoms with Crippen molar-refractivity contribution in [1.29, 1.82) is 0 Å². The van der Waals surface area contributed by atoms with Crippen molar-refractivity contribution in [2.75, 3.05) is 13.1 Å². The van der Waals surface area contributed by atoms with Crippen LogP contribution in [0.25, 0.3) is 0 Å². The van der Waals surface area contributed by atoms with Gasteiger partial charge in [0.2, 0.25) is 0 Å². The predicted octanol–water partition coefficient (Wildman–Crippen LogP) is 3.90. The van der Waals surface area contributed by atoms with Crippen molar-refractivity contribution in [1.82, 2.24) is 4.90 Å². The first-order chi connectivity index (χ1) is 13.7. The molecule has 0 saturated carbocycles. The van der Waals surface area contributed by atoms with Crippen LogP contribution in [0.2, 0.25) is 0 Å². The average Bonchev–Trinajstić information content (AvgIpc) is 2.67. The number of nitrogens with zero attached hydrogens (tertiary/aromatic N) is 2. The van der Waals surface area contributed by atoms with Crippen molar-refractivity contribution >= 4 is 23.8 Å². The van der Waals surface area contributed by atoms with Crippen molar-refractivity contribution < 1.29 is 18.7 Å². The molecular weight excluding hydrogens is 373 g/mol. The summed E-state index contributed by atoms with van der Waals surface area (Å²) in [6, 6.07) is 5.86. The van der Waals surface area contributed by atoms with Gasteiger partial charge in [-0.25, -0.2) is 14.2 Å². The third-order valence-corrected chi connectivity index (χ3v) is 5.06. The lowest BCUT2D eigenvalue weighted by Gasteiger charge is -2.44. The fourth-order valence-corrected chi connectivity index (χ4v) is 3.64. The van der Waals surface area contributed by atoms with Gasteiger partial charge in [-0.3, -0.25) is 0 Å². The van der Waals surface area contributed by atoms with Gasteiger partial charge in [0.1, 0.15) is 17.7 Å². The number of carbonyl (C=O) groups is 2. The Balaban J connectivity index is 1.91. The molecule has 1 fully saturated rings. The molecule has 1 heterocycles. The van der Waals surface area contributed by atoms with Gasteiger partial charge >= 0.3 is 6.09 Å². The number of ether oxygens (including phenoxy) is 1. The molecule has 1 aliphatic carbocycles. The Hall–Kier alpha value is -2.96. The number of aldehydes is 1. The van der Waals surface area contributed by atoms with Crippen molar-refractivity contribution in [2.45, 2.75) is 39.2 Å². The number of allylic oxidation sites excluding steroid dienone is 2. The Kier molecular flexibility index (Phi) is 5.59. The molecule has 154 valence electrons. The van der Waals surface area contributed by atoms with E-state index in [0.717, 1.165) is 11.9 Å². The summed E-state index contributed by atoms with van der Waals surface area (Å²) in [6.45, 7) is 6.12. The summed E-state index contributed by atoms with van der Waals surface area (Å²) in [7, 11) is 0. The van der Waals surface area contributed by atoms with Crippen molar-refractivity contribution in [3.05, 3.63) is 53.5 Å². The summed E-state index contributed by atoms with van der Waals surface area (Å²) in [6.07, 6.45) is 4.66. The zero-order chi connectivity index (χ0) is 21.2. The number of aliphatic imine (C=N–C) groups is 1. The van der Waals surface area contributed by atoms with E-state index in [1.165, 1.54) is 18.3 Å². The van der Waals surface area contributed by atoms with Crippen LogP contribution in [0.3, 0.4) is 0 Å². The molecule has 7 heteroatoms. The molecule has 1 amide bonds. The summed E-state index contributed by atoms with van der Waals surface area (Å²) >= 11 is 0. The highest BCUT2D eigenvalue weighted by atomic mass is 19.1. The number of nitrogens with two attached hydrogens (primary N) is 1. The molecule has 1 aromatic carbocycles. The smallest absolute Gasteiger partial charge is 0.410 e. The van der Waals surface area contributed by atoms with Crippen LogP contribution >= 0.6 is 0 Å². The standard InChI is InChI=1S/C22H26FN3O3/c1-21(2,3)29-20(28)26-9-8-16-10-19(25-18-6-4-17(23)5-7-18)15(12-24)11-22(16,13-26)14-27/h4-7,10,12,14H,8-9,11,13,24H2,1-3H3/b15-12-,25-19?. The second kappa shape index (κ2) is 7.81. The van der Waals surface area contributed by atoms with Gasteiger partial charge in [-0.15, -0.1) is 0 Å². The van der Waals surface area contributed by atoms with Gasteiger partial charge in [0.15, 0.2) is 0 Å². The summed E-state index contributed by atoms with van der Waals surface area (Å²) in [4.78, 5) is 30.8. The zero-order valence-electron chi connectivity index (χ0n) is 16.9. The SMILES string of the molecule is CC(C)(C)OC(=O)N1CCC2=CC(=Nc3ccc(F)cc3)/C(=C\N)CC2(C=O)C1. The number of likely N-dealkylation sites (tertiary alicyclic amines) is 1. The molecule has 0 radical (unpaired) electrons. The van der Waals surface area contributed by atoms with E-state index in [0.29, 0.717) is 36.4 Å². The third-order valence-electron chi connectivity index (χ3n) is 5.06. The van der Waals surface area contributed by atoms with Crippen LogP contribution in [0.15, 0.2) is 52.7 Å². The number of hydrogen-bond donors (Lipinski definition) is 1. The minimum absolute atomic E-state index is 0.235. The number of fused-ring (bicyclic) bond motifs is 1. The molecule has 29 heavy (non-hydrogen) atoms. The highest BCUT2D eigenvalue weighted by Gasteiger charge is 2.45. The summed E-state index contributed by atoms with van der Waals surface area (Å²) < 4.78 is 18.6. The van der Waals surface area contributed by atoms with Gasteiger partial charge in [-0.05, 0) is 75.7 Å². The maximum atomic E-state index is 13.2. The molecule has 1 aromatic rings. The summed E-state index contributed by atoms with van der Waals surface area (Å²) in [5.41, 5.74) is 7.25. The van der Waals surface area contributed by atoms with Gasteiger partial charge in [0, 0.05) is 13.1 Å². The van der Waals surface area contributed by atoms with E-state index in [4.69, 9.17) is 10.5 Å². The van der Waals surface area contributed by atoms with E-state index in [1.807, 2.05) is 26.8 Å². The quantitative estimate of drug-likeness (QED) is 0.765. The Labute approximate surface area is 169 Å². The number of amides is 1. The highest BCUT2D eigenvalue weighted by Crippen LogP contribution is 2.43. The van der Waals surface area contributed by atoms with E-state index >= 15 is 0 Å². The first-order valence-corrected chi connectivity index (χ1v) is 9.56. The topological polar surface area (TPSA) is 85.0 Å². The van der Waals surface area contributed by atoms with Crippen molar-refractivity contribution in [3.8, 4) is 0 Å². The number of benzene rings is 1. The molecule has 1 aliphatic heterocycles. The lowest BCUT2D eigenvalue weighted by Crippen LogP contribution is -2.51. The van der Waals surface area contributed by atoms with Gasteiger partial charge < -0.3 is 20.2 Å². The number of rotatable bonds is 2. The van der Waals surface area contributed by atoms with E-state index in [9.17, 15) is 14.0 Å². The van der Waals surface area contributed by atoms with Gasteiger partial charge in [-0.1, -0.05) is 5.57 Å². The minimum atomic E-state index is -0.845. The van der Waals surface area contributed by atoms with E-state index in [2.05, 4.69) is 4.99 Å². The lowest BCUT2D eigenvalue weighted by atomic mass is 9.68. The Morgan fingerprint density at radius 1 is 1.31 bits per heavy atom. The summed E-state index contributed by atoms with van der Waals surface area (Å²) in [5, 5.41) is 0. The second-order valence-corrected chi connectivity index (χ2v) is 8.44. The molecule has 1 unspecified atom stereocenters. The monoisotopic (exact) mass is 399 g/mol. The lowest BCUT2D eigenvalue weighted by molar-refractivity contribution is -0.116. The highest BCUT2D eigenvalue weighted by molar-refractivity contribution is 6.12. The minimum Gasteiger partial charge on any atom is -0.444 e. The maximum Gasteiger partial charge on any atom is 0.410 e. The van der Waals surface area contributed by atoms with Crippen LogP contribution in [0.1, 0.15) is 33.6 Å². The number of hydrogen-bond acceptors (Lipinski definition) is 5. The molecule has 0 bridgehead atoms. The largest absolute Gasteiger partial charge is 0.444 e. The van der Waals surface area contributed by atoms with E-state index in [1.54, 1.807) is 17.0 Å². The number of piperidine rings is 1. The molecule has 3 rings (SSSR count). The first-order valence-electron chi connectivity index (χ1n) is 9.56. The van der Waals surface area contributed by atoms with Gasteiger partial charge in [-0.2, -0.15) is 0 Å². The van der Waals surface area contributed by atoms with Crippen LogP contribution in [-0.2, 0) is 9.53 Å². The molecule has 1 saturated heterocycles. The normalized spacial score (nSPS) is 24.8. The molecule has 0 aromatic heterocycles. The molecular formula is C22H26FN3O3. The summed E-state index contributed by atoms with van der Waals surface area (Å²) in [5.74, 6) is -0.333. The van der Waals surface area contributed by atoms with Gasteiger partial charge in [0.25, 0.3) is 0 Å². The molecule has 0 spiro atoms. The average molecular weight is 399 g/mol. The van der Waals surface area contributed by atoms with E-state index < -0.39 is 17.1 Å². The fraction of sp³-hybridized carbons (Fsp3) is 0.409. The number of carbonyl (C=O) groups excluding carboxylic acids is 2. The first kappa shape index (κ1) is 20.8. The Bertz CT molecular complexity index is 897. The fourth-order valence-electron chi connectivity index (χ4n) is 3.64. The van der Waals surface area contributed by atoms with Crippen molar-refractivity contribution in [3.63, 3.8) is 0 Å². The third kappa shape index (κ3) is 4.55. The Morgan fingerprint density at radius 2 is 2.00 bits per heavy atom. The number of halogens is 1. The van der Waals surface area contributed by atoms with Crippen LogP contribution < -0.4 is 5.73 Å². The van der Waals surface area contributed by atoms with Crippen LogP contribution in [-0.4, -0.2) is 41.7 Å². The Morgan fingerprint density at radius 3 is 2.59 bits per heavy atom. The zero-order valence-corrected chi connectivity index (χ0v) is 16.9. The maximum absolute atomic E-state index is 13.2. The predicted molar refractivity (Wildman–Crippen MR) is 109 cm³/mol.